The quantitative estimate of drug-likeness (QED) is 0.148. The average molecular weight is 438 g/mol. The number of hydrogen-bond donors (Lipinski definition) is 1. The van der Waals surface area contributed by atoms with Crippen molar-refractivity contribution in [1.82, 2.24) is 0 Å². The maximum absolute atomic E-state index is 11.8. The Kier molecular flexibility index (Phi) is 15.4. The van der Waals surface area contributed by atoms with Crippen LogP contribution in [0.2, 0.25) is 0 Å². The van der Waals surface area contributed by atoms with E-state index < -0.39 is 0 Å². The number of nitrogens with one attached hydrogen (secondary N) is 1. The molecule has 0 aliphatic rings. The van der Waals surface area contributed by atoms with Gasteiger partial charge in [0.1, 0.15) is 24.2 Å². The zero-order valence-electron chi connectivity index (χ0n) is 19.9. The molecular weight excluding hydrogens is 394 g/mol. The van der Waals surface area contributed by atoms with Crippen molar-refractivity contribution in [3.63, 3.8) is 0 Å². The van der Waals surface area contributed by atoms with Gasteiger partial charge >= 0.3 is 11.9 Å². The zero-order valence-corrected chi connectivity index (χ0v) is 19.9. The van der Waals surface area contributed by atoms with Gasteiger partial charge in [-0.1, -0.05) is 77.6 Å². The Morgan fingerprint density at radius 1 is 0.935 bits per heavy atom. The van der Waals surface area contributed by atoms with Crippen LogP contribution < -0.4 is 10.1 Å². The number of anilines is 1. The second kappa shape index (κ2) is 17.7. The van der Waals surface area contributed by atoms with Crippen molar-refractivity contribution in [3.8, 4) is 5.95 Å². The summed E-state index contributed by atoms with van der Waals surface area (Å²) in [4.78, 5) is 22.9. The van der Waals surface area contributed by atoms with E-state index in [9.17, 15) is 9.59 Å². The Hall–Kier alpha value is -1.98. The Morgan fingerprint density at radius 2 is 1.52 bits per heavy atom. The third kappa shape index (κ3) is 11.3. The lowest BCUT2D eigenvalue weighted by Gasteiger charge is -2.06. The highest BCUT2D eigenvalue weighted by molar-refractivity contribution is 5.75. The maximum Gasteiger partial charge on any atom is 0.313 e. The number of esters is 1. The molecule has 0 bridgehead atoms. The number of carbonyl (C=O) groups excluding carboxylic acids is 2. The van der Waals surface area contributed by atoms with Gasteiger partial charge in [-0.25, -0.2) is 0 Å². The number of furan rings is 1. The molecule has 1 heterocycles. The Balaban J connectivity index is 2.30. The molecule has 0 aromatic carbocycles. The minimum Gasteiger partial charge on any atom is -0.466 e. The summed E-state index contributed by atoms with van der Waals surface area (Å²) in [7, 11) is 1.75. The normalized spacial score (nSPS) is 10.8. The molecule has 31 heavy (non-hydrogen) atoms. The monoisotopic (exact) mass is 437 g/mol. The lowest BCUT2D eigenvalue weighted by atomic mass is 10.1. The number of rotatable bonds is 20. The summed E-state index contributed by atoms with van der Waals surface area (Å²) >= 11 is 0. The van der Waals surface area contributed by atoms with Crippen LogP contribution >= 0.6 is 0 Å². The lowest BCUT2D eigenvalue weighted by Crippen LogP contribution is -2.08. The van der Waals surface area contributed by atoms with Crippen molar-refractivity contribution in [2.75, 3.05) is 25.6 Å². The molecule has 178 valence electrons. The summed E-state index contributed by atoms with van der Waals surface area (Å²) in [6.45, 7) is 4.88. The fraction of sp³-hybridized carbons (Fsp3) is 0.760. The average Bonchev–Trinajstić information content (AvgIpc) is 3.07. The van der Waals surface area contributed by atoms with E-state index in [1.165, 1.54) is 64.2 Å². The number of carbonyl (C=O) groups is 2. The van der Waals surface area contributed by atoms with Crippen LogP contribution in [-0.4, -0.2) is 32.5 Å². The van der Waals surface area contributed by atoms with Crippen molar-refractivity contribution in [2.24, 2.45) is 0 Å². The van der Waals surface area contributed by atoms with Crippen molar-refractivity contribution in [3.05, 3.63) is 11.3 Å². The molecule has 0 saturated heterocycles. The third-order valence-electron chi connectivity index (χ3n) is 5.44. The van der Waals surface area contributed by atoms with Gasteiger partial charge in [-0.3, -0.25) is 4.79 Å². The molecule has 0 radical (unpaired) electrons. The molecule has 1 aromatic rings. The van der Waals surface area contributed by atoms with Gasteiger partial charge in [-0.15, -0.1) is 0 Å². The first kappa shape index (κ1) is 27.1. The summed E-state index contributed by atoms with van der Waals surface area (Å²) in [5.41, 5.74) is 1.31. The second-order valence-corrected chi connectivity index (χ2v) is 8.01. The van der Waals surface area contributed by atoms with E-state index in [1.807, 2.05) is 0 Å². The highest BCUT2D eigenvalue weighted by Gasteiger charge is 2.22. The molecule has 0 fully saturated rings. The van der Waals surface area contributed by atoms with Crippen molar-refractivity contribution in [1.29, 1.82) is 0 Å². The minimum atomic E-state index is -0.376. The van der Waals surface area contributed by atoms with Crippen LogP contribution in [0.1, 0.15) is 102 Å². The van der Waals surface area contributed by atoms with Gasteiger partial charge in [0.05, 0.1) is 13.2 Å². The topological polar surface area (TPSA) is 77.8 Å². The van der Waals surface area contributed by atoms with E-state index in [0.717, 1.165) is 19.1 Å². The van der Waals surface area contributed by atoms with E-state index in [-0.39, 0.29) is 18.8 Å². The van der Waals surface area contributed by atoms with Gasteiger partial charge in [0, 0.05) is 19.0 Å². The third-order valence-corrected chi connectivity index (χ3v) is 5.44. The minimum absolute atomic E-state index is 0.00629. The molecule has 6 nitrogen and oxygen atoms in total. The summed E-state index contributed by atoms with van der Waals surface area (Å²) in [5, 5.41) is 3.04. The van der Waals surface area contributed by atoms with Gasteiger partial charge in [0.25, 0.3) is 0 Å². The van der Waals surface area contributed by atoms with Crippen molar-refractivity contribution in [2.45, 2.75) is 104 Å². The largest absolute Gasteiger partial charge is 0.466 e. The number of aldehydes is 1. The van der Waals surface area contributed by atoms with Crippen LogP contribution in [0.25, 0.3) is 0 Å². The molecule has 1 aromatic heterocycles. The molecule has 0 aliphatic carbocycles. The first-order valence-electron chi connectivity index (χ1n) is 12.2. The summed E-state index contributed by atoms with van der Waals surface area (Å²) in [6, 6.07) is 0. The predicted molar refractivity (Wildman–Crippen MR) is 125 cm³/mol. The van der Waals surface area contributed by atoms with Crippen LogP contribution in [0.4, 0.5) is 5.69 Å². The number of hydrogen-bond acceptors (Lipinski definition) is 6. The zero-order chi connectivity index (χ0) is 22.7. The lowest BCUT2D eigenvalue weighted by molar-refractivity contribution is -0.142. The van der Waals surface area contributed by atoms with Gasteiger partial charge in [0.2, 0.25) is 0 Å². The van der Waals surface area contributed by atoms with E-state index in [2.05, 4.69) is 12.2 Å². The highest BCUT2D eigenvalue weighted by atomic mass is 16.6. The van der Waals surface area contributed by atoms with E-state index in [1.54, 1.807) is 14.0 Å². The molecule has 1 rings (SSSR count). The summed E-state index contributed by atoms with van der Waals surface area (Å²) < 4.78 is 16.6. The summed E-state index contributed by atoms with van der Waals surface area (Å²) in [5.74, 6) is 0.403. The van der Waals surface area contributed by atoms with E-state index in [4.69, 9.17) is 13.9 Å². The van der Waals surface area contributed by atoms with Gasteiger partial charge < -0.3 is 24.0 Å². The summed E-state index contributed by atoms with van der Waals surface area (Å²) in [6.07, 6.45) is 16.4. The second-order valence-electron chi connectivity index (χ2n) is 8.01. The fourth-order valence-electron chi connectivity index (χ4n) is 3.73. The number of unbranched alkanes of at least 4 members (excludes halogenated alkanes) is 11. The van der Waals surface area contributed by atoms with Crippen LogP contribution in [-0.2, 0) is 27.2 Å². The molecule has 0 spiro atoms. The van der Waals surface area contributed by atoms with E-state index in [0.29, 0.717) is 36.2 Å². The Morgan fingerprint density at radius 3 is 2.03 bits per heavy atom. The molecule has 0 amide bonds. The highest BCUT2D eigenvalue weighted by Crippen LogP contribution is 2.35. The molecule has 0 saturated carbocycles. The standard InChI is InChI=1S/C25H43NO5/c1-4-6-7-8-9-10-11-12-13-14-15-16-19-30-25-24(26-3)21(17-18-27)22(31-25)20-23(28)29-5-2/h18,26H,4-17,19-20H2,1-3H3. The van der Waals surface area contributed by atoms with Crippen LogP contribution in [0.15, 0.2) is 4.42 Å². The molecule has 0 unspecified atom stereocenters. The molecule has 6 heteroatoms. The molecular formula is C25H43NO5. The van der Waals surface area contributed by atoms with Crippen molar-refractivity contribution < 1.29 is 23.5 Å². The first-order valence-corrected chi connectivity index (χ1v) is 12.2. The Labute approximate surface area is 188 Å². The van der Waals surface area contributed by atoms with Gasteiger partial charge in [-0.2, -0.15) is 0 Å². The van der Waals surface area contributed by atoms with E-state index >= 15 is 0 Å². The van der Waals surface area contributed by atoms with Gasteiger partial charge in [0.15, 0.2) is 0 Å². The van der Waals surface area contributed by atoms with Crippen molar-refractivity contribution >= 4 is 17.9 Å². The molecule has 1 N–H and O–H groups in total. The fourth-order valence-corrected chi connectivity index (χ4v) is 3.73. The van der Waals surface area contributed by atoms with Crippen LogP contribution in [0.5, 0.6) is 5.95 Å². The molecule has 0 aliphatic heterocycles. The Bertz CT molecular complexity index is 611. The smallest absolute Gasteiger partial charge is 0.313 e. The molecule has 0 atom stereocenters. The maximum atomic E-state index is 11.8. The van der Waals surface area contributed by atoms with Crippen LogP contribution in [0, 0.1) is 0 Å². The first-order chi connectivity index (χ1) is 15.2. The predicted octanol–water partition coefficient (Wildman–Crippen LogP) is 6.25. The number of ether oxygens (including phenoxy) is 2. The van der Waals surface area contributed by atoms with Crippen LogP contribution in [0.3, 0.4) is 0 Å². The van der Waals surface area contributed by atoms with Gasteiger partial charge in [-0.05, 0) is 13.3 Å². The SMILES string of the molecule is CCCCCCCCCCCCCCOc1oc(CC(=O)OCC)c(CC=O)c1NC.